The lowest BCUT2D eigenvalue weighted by molar-refractivity contribution is -0.137. The SMILES string of the molecule is CCC[C@H](NC(=O)[C@@H](NC(=O)CCCC(=O)O)[C@@H](C)CC)C(=O)N[C@@H](CC(C)C)[C@@H](O)CC(=O)N[C@H](C(=O)NCC)c1ccccc1. The van der Waals surface area contributed by atoms with Crippen LogP contribution in [0.3, 0.4) is 0 Å². The quantitative estimate of drug-likeness (QED) is 0.0981. The predicted octanol–water partition coefficient (Wildman–Crippen LogP) is 2.33. The fourth-order valence-electron chi connectivity index (χ4n) is 5.04. The Morgan fingerprint density at radius 1 is 0.787 bits per heavy atom. The van der Waals surface area contributed by atoms with Crippen LogP contribution >= 0.6 is 0 Å². The van der Waals surface area contributed by atoms with Crippen molar-refractivity contribution in [1.82, 2.24) is 26.6 Å². The summed E-state index contributed by atoms with van der Waals surface area (Å²) in [6.07, 6.45) is -0.0168. The Labute approximate surface area is 278 Å². The molecule has 1 rings (SSSR count). The minimum Gasteiger partial charge on any atom is -0.481 e. The molecule has 0 spiro atoms. The lowest BCUT2D eigenvalue weighted by Gasteiger charge is -2.30. The molecule has 0 unspecified atom stereocenters. The molecule has 0 aromatic heterocycles. The molecule has 13 nitrogen and oxygen atoms in total. The Morgan fingerprint density at radius 3 is 2.00 bits per heavy atom. The molecular formula is C34H55N5O8. The lowest BCUT2D eigenvalue weighted by atomic mass is 9.95. The number of aliphatic hydroxyl groups is 1. The summed E-state index contributed by atoms with van der Waals surface area (Å²) in [5.41, 5.74) is 0.582. The average molecular weight is 662 g/mol. The van der Waals surface area contributed by atoms with Gasteiger partial charge in [-0.05, 0) is 43.6 Å². The van der Waals surface area contributed by atoms with E-state index in [1.54, 1.807) is 44.2 Å². The smallest absolute Gasteiger partial charge is 0.303 e. The van der Waals surface area contributed by atoms with Crippen LogP contribution in [0.1, 0.15) is 105 Å². The van der Waals surface area contributed by atoms with Crippen LogP contribution in [0.25, 0.3) is 0 Å². The van der Waals surface area contributed by atoms with Gasteiger partial charge in [0.2, 0.25) is 29.5 Å². The van der Waals surface area contributed by atoms with Gasteiger partial charge in [0.15, 0.2) is 0 Å². The highest BCUT2D eigenvalue weighted by molar-refractivity contribution is 5.92. The third kappa shape index (κ3) is 15.4. The number of hydrogen-bond donors (Lipinski definition) is 7. The number of amides is 5. The first kappa shape index (κ1) is 41.0. The molecule has 1 aromatic rings. The van der Waals surface area contributed by atoms with Gasteiger partial charge in [-0.25, -0.2) is 0 Å². The van der Waals surface area contributed by atoms with Crippen LogP contribution < -0.4 is 26.6 Å². The number of carboxylic acid groups (broad SMARTS) is 1. The van der Waals surface area contributed by atoms with Crippen molar-refractivity contribution in [1.29, 1.82) is 0 Å². The fourth-order valence-corrected chi connectivity index (χ4v) is 5.04. The summed E-state index contributed by atoms with van der Waals surface area (Å²) in [5, 5.41) is 33.7. The fraction of sp³-hybridized carbons (Fsp3) is 0.647. The zero-order valence-electron chi connectivity index (χ0n) is 28.6. The van der Waals surface area contributed by atoms with Gasteiger partial charge >= 0.3 is 5.97 Å². The second kappa shape index (κ2) is 21.7. The van der Waals surface area contributed by atoms with Crippen molar-refractivity contribution in [2.75, 3.05) is 6.54 Å². The topological polar surface area (TPSA) is 203 Å². The van der Waals surface area contributed by atoms with Crippen LogP contribution in [0.15, 0.2) is 30.3 Å². The summed E-state index contributed by atoms with van der Waals surface area (Å²) >= 11 is 0. The summed E-state index contributed by atoms with van der Waals surface area (Å²) in [6, 6.07) is 5.04. The van der Waals surface area contributed by atoms with Crippen molar-refractivity contribution < 1.29 is 39.0 Å². The summed E-state index contributed by atoms with van der Waals surface area (Å²) in [7, 11) is 0. The van der Waals surface area contributed by atoms with Gasteiger partial charge in [-0.1, -0.05) is 77.8 Å². The first-order valence-corrected chi connectivity index (χ1v) is 16.7. The number of benzene rings is 1. The van der Waals surface area contributed by atoms with Crippen molar-refractivity contribution in [3.63, 3.8) is 0 Å². The van der Waals surface area contributed by atoms with E-state index in [4.69, 9.17) is 5.11 Å². The van der Waals surface area contributed by atoms with E-state index in [9.17, 15) is 33.9 Å². The van der Waals surface area contributed by atoms with Gasteiger partial charge in [0.25, 0.3) is 0 Å². The zero-order chi connectivity index (χ0) is 35.5. The molecule has 0 saturated carbocycles. The second-order valence-corrected chi connectivity index (χ2v) is 12.3. The maximum Gasteiger partial charge on any atom is 0.303 e. The first-order chi connectivity index (χ1) is 22.2. The van der Waals surface area contributed by atoms with Crippen LogP contribution in [0, 0.1) is 11.8 Å². The molecule has 5 amide bonds. The lowest BCUT2D eigenvalue weighted by Crippen LogP contribution is -2.57. The monoisotopic (exact) mass is 661 g/mol. The Bertz CT molecular complexity index is 1160. The molecule has 0 aliphatic rings. The molecular weight excluding hydrogens is 606 g/mol. The van der Waals surface area contributed by atoms with Gasteiger partial charge in [-0.3, -0.25) is 28.8 Å². The van der Waals surface area contributed by atoms with E-state index < -0.39 is 59.9 Å². The van der Waals surface area contributed by atoms with E-state index in [1.165, 1.54) is 0 Å². The Morgan fingerprint density at radius 2 is 1.45 bits per heavy atom. The van der Waals surface area contributed by atoms with Crippen LogP contribution in [0.4, 0.5) is 0 Å². The number of nitrogens with one attached hydrogen (secondary N) is 5. The standard InChI is InChI=1S/C34H55N5O8/c1-7-14-24(36-34(47)30(22(6)8-2)38-27(41)17-13-18-29(43)44)32(45)37-25(19-21(4)5)26(40)20-28(42)39-31(33(46)35-9-3)23-15-11-10-12-16-23/h10-12,15-16,21-22,24-26,30-31,40H,7-9,13-14,17-20H2,1-6H3,(H,35,46)(H,36,47)(H,37,45)(H,38,41)(H,39,42)(H,43,44)/t22-,24-,25-,26-,30-,31-/m0/s1. The van der Waals surface area contributed by atoms with Gasteiger partial charge in [0, 0.05) is 19.4 Å². The Kier molecular flexibility index (Phi) is 19.0. The summed E-state index contributed by atoms with van der Waals surface area (Å²) in [4.78, 5) is 76.0. The molecule has 47 heavy (non-hydrogen) atoms. The molecule has 0 aliphatic heterocycles. The number of likely N-dealkylation sites (N-methyl/N-ethyl adjacent to an activating group) is 1. The van der Waals surface area contributed by atoms with Gasteiger partial charge in [0.05, 0.1) is 18.6 Å². The molecule has 264 valence electrons. The van der Waals surface area contributed by atoms with Crippen molar-refractivity contribution in [2.24, 2.45) is 11.8 Å². The van der Waals surface area contributed by atoms with Crippen molar-refractivity contribution >= 4 is 35.5 Å². The number of carbonyl (C=O) groups is 6. The molecule has 13 heteroatoms. The van der Waals surface area contributed by atoms with E-state index in [2.05, 4.69) is 26.6 Å². The molecule has 0 bridgehead atoms. The minimum absolute atomic E-state index is 0.0377. The molecule has 7 N–H and O–H groups in total. The minimum atomic E-state index is -1.29. The number of hydrogen-bond acceptors (Lipinski definition) is 7. The second-order valence-electron chi connectivity index (χ2n) is 12.3. The Hall–Kier alpha value is -4.00. The summed E-state index contributed by atoms with van der Waals surface area (Å²) < 4.78 is 0. The highest BCUT2D eigenvalue weighted by Gasteiger charge is 2.32. The molecule has 0 heterocycles. The third-order valence-electron chi connectivity index (χ3n) is 7.78. The highest BCUT2D eigenvalue weighted by Crippen LogP contribution is 2.16. The van der Waals surface area contributed by atoms with Gasteiger partial charge in [-0.2, -0.15) is 0 Å². The van der Waals surface area contributed by atoms with Gasteiger partial charge in [-0.15, -0.1) is 0 Å². The molecule has 0 radical (unpaired) electrons. The normalized spacial score (nSPS) is 14.9. The molecule has 0 aliphatic carbocycles. The number of carbonyl (C=O) groups excluding carboxylic acids is 5. The van der Waals surface area contributed by atoms with Crippen LogP contribution in [0.2, 0.25) is 0 Å². The van der Waals surface area contributed by atoms with E-state index in [0.29, 0.717) is 31.4 Å². The summed E-state index contributed by atoms with van der Waals surface area (Å²) in [5.74, 6) is -3.74. The van der Waals surface area contributed by atoms with E-state index >= 15 is 0 Å². The average Bonchev–Trinajstić information content (AvgIpc) is 3.01. The first-order valence-electron chi connectivity index (χ1n) is 16.7. The largest absolute Gasteiger partial charge is 0.481 e. The number of carboxylic acids is 1. The predicted molar refractivity (Wildman–Crippen MR) is 178 cm³/mol. The van der Waals surface area contributed by atoms with Gasteiger partial charge < -0.3 is 36.8 Å². The summed E-state index contributed by atoms with van der Waals surface area (Å²) in [6.45, 7) is 11.5. The maximum absolute atomic E-state index is 13.5. The van der Waals surface area contributed by atoms with Crippen LogP contribution in [0.5, 0.6) is 0 Å². The van der Waals surface area contributed by atoms with Gasteiger partial charge in [0.1, 0.15) is 18.1 Å². The third-order valence-corrected chi connectivity index (χ3v) is 7.78. The van der Waals surface area contributed by atoms with E-state index in [-0.39, 0.29) is 49.8 Å². The highest BCUT2D eigenvalue weighted by atomic mass is 16.4. The zero-order valence-corrected chi connectivity index (χ0v) is 28.6. The van der Waals surface area contributed by atoms with Crippen LogP contribution in [-0.2, 0) is 28.8 Å². The van der Waals surface area contributed by atoms with Crippen molar-refractivity contribution in [3.8, 4) is 0 Å². The van der Waals surface area contributed by atoms with E-state index in [0.717, 1.165) is 0 Å². The maximum atomic E-state index is 13.5. The van der Waals surface area contributed by atoms with E-state index in [1.807, 2.05) is 27.7 Å². The van der Waals surface area contributed by atoms with Crippen molar-refractivity contribution in [3.05, 3.63) is 35.9 Å². The Balaban J connectivity index is 3.04. The van der Waals surface area contributed by atoms with Crippen molar-refractivity contribution in [2.45, 2.75) is 123 Å². The van der Waals surface area contributed by atoms with Crippen LogP contribution in [-0.4, -0.2) is 76.5 Å². The number of aliphatic carboxylic acids is 1. The molecule has 0 saturated heterocycles. The molecule has 1 aromatic carbocycles. The molecule has 0 fully saturated rings. The number of rotatable bonds is 22. The molecule has 6 atom stereocenters. The number of aliphatic hydroxyl groups excluding tert-OH is 1.